The average molecular weight is 349 g/mol. The molecular formula is C17H16FNO4S. The molecule has 0 amide bonds. The summed E-state index contributed by atoms with van der Waals surface area (Å²) in [5, 5.41) is 0. The Bertz CT molecular complexity index is 878. The molecule has 0 radical (unpaired) electrons. The second-order valence-electron chi connectivity index (χ2n) is 5.43. The van der Waals surface area contributed by atoms with Crippen LogP contribution in [0.1, 0.15) is 22.3 Å². The highest BCUT2D eigenvalue weighted by molar-refractivity contribution is 7.92. The second-order valence-corrected chi connectivity index (χ2v) is 7.29. The van der Waals surface area contributed by atoms with Gasteiger partial charge in [-0.3, -0.25) is 4.31 Å². The van der Waals surface area contributed by atoms with Gasteiger partial charge in [0.05, 0.1) is 23.3 Å². The number of hydrogen-bond acceptors (Lipinski definition) is 4. The van der Waals surface area contributed by atoms with E-state index in [4.69, 9.17) is 4.74 Å². The molecule has 0 bridgehead atoms. The number of fused-ring (bicyclic) bond motifs is 1. The Labute approximate surface area is 139 Å². The second kappa shape index (κ2) is 6.24. The summed E-state index contributed by atoms with van der Waals surface area (Å²) in [6, 6.07) is 9.63. The summed E-state index contributed by atoms with van der Waals surface area (Å²) in [5.41, 5.74) is 1.49. The van der Waals surface area contributed by atoms with Crippen molar-refractivity contribution in [2.45, 2.75) is 17.7 Å². The Balaban J connectivity index is 2.10. The molecule has 126 valence electrons. The Morgan fingerprint density at radius 1 is 1.17 bits per heavy atom. The minimum atomic E-state index is -3.83. The smallest absolute Gasteiger partial charge is 0.338 e. The Morgan fingerprint density at radius 2 is 1.88 bits per heavy atom. The first-order valence-electron chi connectivity index (χ1n) is 7.43. The number of sulfonamides is 1. The molecule has 0 aromatic heterocycles. The lowest BCUT2D eigenvalue weighted by molar-refractivity contribution is 0.0599. The van der Waals surface area contributed by atoms with Crippen LogP contribution in [0.3, 0.4) is 0 Å². The highest BCUT2D eigenvalue weighted by Crippen LogP contribution is 2.34. The minimum Gasteiger partial charge on any atom is -0.465 e. The third kappa shape index (κ3) is 2.75. The monoisotopic (exact) mass is 349 g/mol. The lowest BCUT2D eigenvalue weighted by Gasteiger charge is -2.31. The van der Waals surface area contributed by atoms with Crippen molar-refractivity contribution < 1.29 is 22.3 Å². The molecule has 5 nitrogen and oxygen atoms in total. The summed E-state index contributed by atoms with van der Waals surface area (Å²) in [6.07, 6.45) is 1.18. The predicted molar refractivity (Wildman–Crippen MR) is 87.0 cm³/mol. The van der Waals surface area contributed by atoms with E-state index in [1.54, 1.807) is 18.2 Å². The van der Waals surface area contributed by atoms with Gasteiger partial charge in [0.2, 0.25) is 0 Å². The zero-order chi connectivity index (χ0) is 17.3. The Kier molecular flexibility index (Phi) is 4.28. The van der Waals surface area contributed by atoms with Gasteiger partial charge >= 0.3 is 5.97 Å². The van der Waals surface area contributed by atoms with Crippen LogP contribution in [0.5, 0.6) is 0 Å². The summed E-state index contributed by atoms with van der Waals surface area (Å²) in [5.74, 6) is -0.992. The number of carbonyl (C=O) groups is 1. The van der Waals surface area contributed by atoms with Crippen molar-refractivity contribution in [3.63, 3.8) is 0 Å². The van der Waals surface area contributed by atoms with E-state index in [1.807, 2.05) is 0 Å². The molecule has 2 aromatic rings. The summed E-state index contributed by atoms with van der Waals surface area (Å²) in [7, 11) is -2.54. The molecule has 0 unspecified atom stereocenters. The van der Waals surface area contributed by atoms with Crippen molar-refractivity contribution in [2.75, 3.05) is 18.0 Å². The van der Waals surface area contributed by atoms with Crippen LogP contribution < -0.4 is 4.31 Å². The van der Waals surface area contributed by atoms with E-state index in [0.29, 0.717) is 36.2 Å². The molecule has 1 aliphatic rings. The van der Waals surface area contributed by atoms with Crippen LogP contribution in [0, 0.1) is 5.82 Å². The fourth-order valence-corrected chi connectivity index (χ4v) is 4.41. The third-order valence-electron chi connectivity index (χ3n) is 4.01. The van der Waals surface area contributed by atoms with Crippen LogP contribution in [0.2, 0.25) is 0 Å². The van der Waals surface area contributed by atoms with E-state index in [1.165, 1.54) is 23.5 Å². The molecule has 2 aromatic carbocycles. The van der Waals surface area contributed by atoms with E-state index >= 15 is 0 Å². The van der Waals surface area contributed by atoms with Crippen molar-refractivity contribution in [3.8, 4) is 0 Å². The van der Waals surface area contributed by atoms with E-state index in [0.717, 1.165) is 12.1 Å². The number of rotatable bonds is 3. The number of methoxy groups -OCH3 is 1. The normalized spacial score (nSPS) is 14.2. The lowest BCUT2D eigenvalue weighted by Crippen LogP contribution is -2.36. The highest BCUT2D eigenvalue weighted by atomic mass is 32.2. The van der Waals surface area contributed by atoms with Crippen LogP contribution in [0.4, 0.5) is 10.1 Å². The largest absolute Gasteiger partial charge is 0.465 e. The number of anilines is 1. The maximum Gasteiger partial charge on any atom is 0.338 e. The van der Waals surface area contributed by atoms with Gasteiger partial charge in [0.25, 0.3) is 10.0 Å². The molecule has 0 spiro atoms. The highest BCUT2D eigenvalue weighted by Gasteiger charge is 2.31. The minimum absolute atomic E-state index is 0.0141. The van der Waals surface area contributed by atoms with E-state index < -0.39 is 21.8 Å². The van der Waals surface area contributed by atoms with Crippen LogP contribution in [-0.2, 0) is 21.2 Å². The number of esters is 1. The van der Waals surface area contributed by atoms with Gasteiger partial charge in [0, 0.05) is 6.54 Å². The molecule has 1 heterocycles. The topological polar surface area (TPSA) is 63.7 Å². The third-order valence-corrected chi connectivity index (χ3v) is 5.84. The number of ether oxygens (including phenoxy) is 1. The van der Waals surface area contributed by atoms with Gasteiger partial charge < -0.3 is 4.74 Å². The SMILES string of the molecule is COC(=O)c1cccc2c1CCCN2S(=O)(=O)c1ccc(F)cc1. The molecule has 3 rings (SSSR count). The molecule has 0 atom stereocenters. The number of hydrogen-bond donors (Lipinski definition) is 0. The number of carbonyl (C=O) groups excluding carboxylic acids is 1. The first-order chi connectivity index (χ1) is 11.4. The van der Waals surface area contributed by atoms with Crippen molar-refractivity contribution in [1.82, 2.24) is 0 Å². The maximum absolute atomic E-state index is 13.1. The molecule has 24 heavy (non-hydrogen) atoms. The van der Waals surface area contributed by atoms with E-state index in [9.17, 15) is 17.6 Å². The molecule has 0 saturated heterocycles. The van der Waals surface area contributed by atoms with Gasteiger partial charge in [0.15, 0.2) is 0 Å². The zero-order valence-electron chi connectivity index (χ0n) is 13.0. The molecule has 1 aliphatic heterocycles. The van der Waals surface area contributed by atoms with Gasteiger partial charge in [-0.05, 0) is 54.8 Å². The summed E-state index contributed by atoms with van der Waals surface area (Å²) in [6.45, 7) is 0.303. The van der Waals surface area contributed by atoms with Crippen molar-refractivity contribution in [1.29, 1.82) is 0 Å². The molecule has 0 N–H and O–H groups in total. The summed E-state index contributed by atoms with van der Waals surface area (Å²) < 4.78 is 44.9. The summed E-state index contributed by atoms with van der Waals surface area (Å²) in [4.78, 5) is 11.9. The van der Waals surface area contributed by atoms with Crippen LogP contribution in [0.15, 0.2) is 47.4 Å². The van der Waals surface area contributed by atoms with E-state index in [-0.39, 0.29) is 4.90 Å². The van der Waals surface area contributed by atoms with Crippen LogP contribution >= 0.6 is 0 Å². The fourth-order valence-electron chi connectivity index (χ4n) is 2.88. The number of halogens is 1. The van der Waals surface area contributed by atoms with Gasteiger partial charge in [-0.2, -0.15) is 0 Å². The lowest BCUT2D eigenvalue weighted by atomic mass is 9.98. The predicted octanol–water partition coefficient (Wildman–Crippen LogP) is 2.75. The first kappa shape index (κ1) is 16.4. The summed E-state index contributed by atoms with van der Waals surface area (Å²) >= 11 is 0. The van der Waals surface area contributed by atoms with Gasteiger partial charge in [-0.15, -0.1) is 0 Å². The molecule has 0 aliphatic carbocycles. The average Bonchev–Trinajstić information content (AvgIpc) is 2.60. The van der Waals surface area contributed by atoms with Gasteiger partial charge in [0.1, 0.15) is 5.82 Å². The Hall–Kier alpha value is -2.41. The van der Waals surface area contributed by atoms with Crippen LogP contribution in [-0.4, -0.2) is 28.0 Å². The standard InChI is InChI=1S/C17H16FNO4S/c1-23-17(20)15-4-2-6-16-14(15)5-3-11-19(16)24(21,22)13-9-7-12(18)8-10-13/h2,4,6-10H,3,5,11H2,1H3. The molecule has 0 saturated carbocycles. The van der Waals surface area contributed by atoms with Crippen molar-refractivity contribution in [2.24, 2.45) is 0 Å². The maximum atomic E-state index is 13.1. The molecule has 0 fully saturated rings. The quantitative estimate of drug-likeness (QED) is 0.800. The van der Waals surface area contributed by atoms with Gasteiger partial charge in [-0.1, -0.05) is 6.07 Å². The number of nitrogens with zero attached hydrogens (tertiary/aromatic N) is 1. The fraction of sp³-hybridized carbons (Fsp3) is 0.235. The van der Waals surface area contributed by atoms with Crippen molar-refractivity contribution >= 4 is 21.7 Å². The number of benzene rings is 2. The zero-order valence-corrected chi connectivity index (χ0v) is 13.8. The molecular weight excluding hydrogens is 333 g/mol. The van der Waals surface area contributed by atoms with Crippen LogP contribution in [0.25, 0.3) is 0 Å². The Morgan fingerprint density at radius 3 is 2.54 bits per heavy atom. The van der Waals surface area contributed by atoms with Crippen molar-refractivity contribution in [3.05, 3.63) is 59.4 Å². The molecule has 7 heteroatoms. The van der Waals surface area contributed by atoms with E-state index in [2.05, 4.69) is 0 Å². The van der Waals surface area contributed by atoms with Gasteiger partial charge in [-0.25, -0.2) is 17.6 Å². The first-order valence-corrected chi connectivity index (χ1v) is 8.87.